The average Bonchev–Trinajstić information content (AvgIpc) is 3.13. The summed E-state index contributed by atoms with van der Waals surface area (Å²) in [6, 6.07) is 9.38. The number of amides is 1. The van der Waals surface area contributed by atoms with Crippen molar-refractivity contribution in [3.8, 4) is 0 Å². The molecule has 1 aromatic carbocycles. The second-order valence-corrected chi connectivity index (χ2v) is 8.50. The van der Waals surface area contributed by atoms with Crippen molar-refractivity contribution in [3.05, 3.63) is 46.2 Å². The number of carbonyl (C=O) groups is 1. The van der Waals surface area contributed by atoms with Crippen molar-refractivity contribution >= 4 is 38.6 Å². The molecule has 0 saturated heterocycles. The maximum absolute atomic E-state index is 12.0. The first-order chi connectivity index (χ1) is 10.9. The number of hydrogen-bond acceptors (Lipinski definition) is 4. The maximum Gasteiger partial charge on any atom is 0.232 e. The number of sulfonamides is 1. The summed E-state index contributed by atoms with van der Waals surface area (Å²) in [4.78, 5) is 13.2. The van der Waals surface area contributed by atoms with Crippen molar-refractivity contribution in [2.45, 2.75) is 19.3 Å². The molecule has 0 saturated carbocycles. The zero-order chi connectivity index (χ0) is 16.4. The number of hydrogen-bond donors (Lipinski definition) is 1. The highest BCUT2D eigenvalue weighted by Crippen LogP contribution is 2.32. The van der Waals surface area contributed by atoms with E-state index in [1.807, 2.05) is 23.6 Å². The Labute approximate surface area is 140 Å². The Morgan fingerprint density at radius 2 is 2.17 bits per heavy atom. The zero-order valence-corrected chi connectivity index (χ0v) is 14.4. The quantitative estimate of drug-likeness (QED) is 0.901. The minimum atomic E-state index is -3.24. The van der Waals surface area contributed by atoms with Crippen molar-refractivity contribution in [1.82, 2.24) is 0 Å². The number of carbonyl (C=O) groups excluding carboxylic acids is 1. The number of aryl methyl sites for hydroxylation is 1. The van der Waals surface area contributed by atoms with Gasteiger partial charge in [0, 0.05) is 23.5 Å². The molecule has 1 aliphatic rings. The molecule has 3 rings (SSSR count). The SMILES string of the molecule is CS(=O)(=O)N1CCc2cc(NC(=O)CCc3cccs3)ccc21. The lowest BCUT2D eigenvalue weighted by atomic mass is 10.1. The number of rotatable bonds is 5. The highest BCUT2D eigenvalue weighted by molar-refractivity contribution is 7.92. The molecule has 1 aromatic heterocycles. The Hall–Kier alpha value is -1.86. The number of benzene rings is 1. The molecule has 0 radical (unpaired) electrons. The van der Waals surface area contributed by atoms with Gasteiger partial charge in [0.25, 0.3) is 0 Å². The van der Waals surface area contributed by atoms with Gasteiger partial charge in [-0.3, -0.25) is 9.10 Å². The van der Waals surface area contributed by atoms with Crippen LogP contribution in [0.5, 0.6) is 0 Å². The fraction of sp³-hybridized carbons (Fsp3) is 0.312. The Kier molecular flexibility index (Phi) is 4.41. The third-order valence-corrected chi connectivity index (χ3v) is 5.91. The molecule has 1 N–H and O–H groups in total. The van der Waals surface area contributed by atoms with E-state index in [0.29, 0.717) is 25.1 Å². The van der Waals surface area contributed by atoms with Gasteiger partial charge in [0.15, 0.2) is 0 Å². The van der Waals surface area contributed by atoms with E-state index in [2.05, 4.69) is 5.32 Å². The van der Waals surface area contributed by atoms with E-state index in [4.69, 9.17) is 0 Å². The molecule has 1 aliphatic heterocycles. The van der Waals surface area contributed by atoms with Gasteiger partial charge in [-0.25, -0.2) is 8.42 Å². The fourth-order valence-electron chi connectivity index (χ4n) is 2.71. The van der Waals surface area contributed by atoms with E-state index in [9.17, 15) is 13.2 Å². The Balaban J connectivity index is 1.65. The van der Waals surface area contributed by atoms with Gasteiger partial charge in [-0.1, -0.05) is 6.07 Å². The number of nitrogens with zero attached hydrogens (tertiary/aromatic N) is 1. The number of anilines is 2. The van der Waals surface area contributed by atoms with E-state index >= 15 is 0 Å². The third kappa shape index (κ3) is 3.73. The number of nitrogens with one attached hydrogen (secondary N) is 1. The highest BCUT2D eigenvalue weighted by Gasteiger charge is 2.26. The lowest BCUT2D eigenvalue weighted by molar-refractivity contribution is -0.116. The fourth-order valence-corrected chi connectivity index (χ4v) is 4.38. The van der Waals surface area contributed by atoms with Crippen LogP contribution in [-0.2, 0) is 27.7 Å². The van der Waals surface area contributed by atoms with Crippen LogP contribution in [0.3, 0.4) is 0 Å². The van der Waals surface area contributed by atoms with Crippen LogP contribution in [0, 0.1) is 0 Å². The van der Waals surface area contributed by atoms with Crippen LogP contribution in [0.25, 0.3) is 0 Å². The molecule has 2 heterocycles. The molecule has 122 valence electrons. The summed E-state index contributed by atoms with van der Waals surface area (Å²) in [7, 11) is -3.24. The van der Waals surface area contributed by atoms with Crippen molar-refractivity contribution < 1.29 is 13.2 Å². The molecule has 0 atom stereocenters. The summed E-state index contributed by atoms with van der Waals surface area (Å²) in [5.74, 6) is -0.0312. The monoisotopic (exact) mass is 350 g/mol. The van der Waals surface area contributed by atoms with Gasteiger partial charge >= 0.3 is 0 Å². The third-order valence-electron chi connectivity index (χ3n) is 3.80. The molecule has 0 unspecified atom stereocenters. The molecule has 23 heavy (non-hydrogen) atoms. The number of fused-ring (bicyclic) bond motifs is 1. The Bertz CT molecular complexity index is 814. The zero-order valence-electron chi connectivity index (χ0n) is 12.8. The smallest absolute Gasteiger partial charge is 0.232 e. The molecule has 7 heteroatoms. The summed E-state index contributed by atoms with van der Waals surface area (Å²) >= 11 is 1.65. The molecule has 2 aromatic rings. The van der Waals surface area contributed by atoms with Crippen LogP contribution in [-0.4, -0.2) is 27.1 Å². The van der Waals surface area contributed by atoms with E-state index in [1.165, 1.54) is 15.4 Å². The second-order valence-electron chi connectivity index (χ2n) is 5.56. The average molecular weight is 350 g/mol. The molecular weight excluding hydrogens is 332 g/mol. The summed E-state index contributed by atoms with van der Waals surface area (Å²) in [5.41, 5.74) is 2.38. The minimum absolute atomic E-state index is 0.0312. The van der Waals surface area contributed by atoms with E-state index in [-0.39, 0.29) is 5.91 Å². The minimum Gasteiger partial charge on any atom is -0.326 e. The van der Waals surface area contributed by atoms with E-state index < -0.39 is 10.0 Å². The van der Waals surface area contributed by atoms with Crippen molar-refractivity contribution in [2.75, 3.05) is 22.4 Å². The molecule has 0 fully saturated rings. The first kappa shape index (κ1) is 16.0. The summed E-state index contributed by atoms with van der Waals surface area (Å²) in [6.07, 6.45) is 3.05. The highest BCUT2D eigenvalue weighted by atomic mass is 32.2. The van der Waals surface area contributed by atoms with Gasteiger partial charge in [-0.2, -0.15) is 0 Å². The standard InChI is InChI=1S/C16H18N2O3S2/c1-23(20,21)18-9-8-12-11-13(4-6-15(12)18)17-16(19)7-5-14-3-2-10-22-14/h2-4,6,10-11H,5,7-9H2,1H3,(H,17,19). The summed E-state index contributed by atoms with van der Waals surface area (Å²) < 4.78 is 24.8. The van der Waals surface area contributed by atoms with Gasteiger partial charge < -0.3 is 5.32 Å². The molecule has 0 spiro atoms. The van der Waals surface area contributed by atoms with Crippen LogP contribution in [0.15, 0.2) is 35.7 Å². The largest absolute Gasteiger partial charge is 0.326 e. The van der Waals surface area contributed by atoms with E-state index in [0.717, 1.165) is 17.7 Å². The van der Waals surface area contributed by atoms with Crippen LogP contribution >= 0.6 is 11.3 Å². The lowest BCUT2D eigenvalue weighted by Gasteiger charge is -2.16. The topological polar surface area (TPSA) is 66.5 Å². The van der Waals surface area contributed by atoms with Crippen LogP contribution in [0.1, 0.15) is 16.9 Å². The molecule has 0 aliphatic carbocycles. The van der Waals surface area contributed by atoms with E-state index in [1.54, 1.807) is 23.5 Å². The van der Waals surface area contributed by atoms with Gasteiger partial charge in [0.1, 0.15) is 0 Å². The number of thiophene rings is 1. The molecule has 0 bridgehead atoms. The van der Waals surface area contributed by atoms with Gasteiger partial charge in [-0.15, -0.1) is 11.3 Å². The molecule has 5 nitrogen and oxygen atoms in total. The van der Waals surface area contributed by atoms with Gasteiger partial charge in [-0.05, 0) is 48.1 Å². The molecular formula is C16H18N2O3S2. The normalized spacial score (nSPS) is 13.9. The van der Waals surface area contributed by atoms with Crippen molar-refractivity contribution in [1.29, 1.82) is 0 Å². The van der Waals surface area contributed by atoms with Crippen molar-refractivity contribution in [2.24, 2.45) is 0 Å². The maximum atomic E-state index is 12.0. The van der Waals surface area contributed by atoms with Crippen LogP contribution < -0.4 is 9.62 Å². The summed E-state index contributed by atoms with van der Waals surface area (Å²) in [6.45, 7) is 0.462. The first-order valence-corrected chi connectivity index (χ1v) is 10.1. The van der Waals surface area contributed by atoms with Gasteiger partial charge in [0.05, 0.1) is 11.9 Å². The predicted octanol–water partition coefficient (Wildman–Crippen LogP) is 2.64. The molecule has 1 amide bonds. The predicted molar refractivity (Wildman–Crippen MR) is 93.6 cm³/mol. The summed E-state index contributed by atoms with van der Waals surface area (Å²) in [5, 5.41) is 4.89. The first-order valence-electron chi connectivity index (χ1n) is 7.36. The Morgan fingerprint density at radius 3 is 2.87 bits per heavy atom. The van der Waals surface area contributed by atoms with Crippen LogP contribution in [0.2, 0.25) is 0 Å². The lowest BCUT2D eigenvalue weighted by Crippen LogP contribution is -2.27. The van der Waals surface area contributed by atoms with Crippen molar-refractivity contribution in [3.63, 3.8) is 0 Å². The van der Waals surface area contributed by atoms with Gasteiger partial charge in [0.2, 0.25) is 15.9 Å². The van der Waals surface area contributed by atoms with Crippen LogP contribution in [0.4, 0.5) is 11.4 Å². The Morgan fingerprint density at radius 1 is 1.35 bits per heavy atom. The second kappa shape index (κ2) is 6.33.